The molecule has 1 aromatic heterocycles. The molecule has 1 aromatic rings. The molecule has 102 valence electrons. The summed E-state index contributed by atoms with van der Waals surface area (Å²) in [6, 6.07) is 5.80. The van der Waals surface area contributed by atoms with Gasteiger partial charge in [-0.05, 0) is 29.6 Å². The molecule has 0 saturated carbocycles. The van der Waals surface area contributed by atoms with Gasteiger partial charge in [0, 0.05) is 25.5 Å². The van der Waals surface area contributed by atoms with Gasteiger partial charge in [0.2, 0.25) is 0 Å². The molecular formula is C14H17BrN2O2. The molecule has 0 bridgehead atoms. The Kier molecular flexibility index (Phi) is 6.89. The van der Waals surface area contributed by atoms with Crippen molar-refractivity contribution in [2.75, 3.05) is 18.9 Å². The summed E-state index contributed by atoms with van der Waals surface area (Å²) < 4.78 is 0. The minimum absolute atomic E-state index is 0.164. The molecular weight excluding hydrogens is 308 g/mol. The van der Waals surface area contributed by atoms with Crippen LogP contribution in [0.4, 0.5) is 0 Å². The van der Waals surface area contributed by atoms with Crippen molar-refractivity contribution in [1.29, 1.82) is 0 Å². The molecule has 0 spiro atoms. The third-order valence-electron chi connectivity index (χ3n) is 2.58. The highest BCUT2D eigenvalue weighted by Crippen LogP contribution is 2.17. The number of hydrogen-bond acceptors (Lipinski definition) is 3. The number of carboxylic acids is 1. The molecule has 0 saturated heterocycles. The molecule has 0 radical (unpaired) electrons. The van der Waals surface area contributed by atoms with Crippen LogP contribution >= 0.6 is 15.9 Å². The Hall–Kier alpha value is -1.62. The number of halogens is 1. The van der Waals surface area contributed by atoms with Gasteiger partial charge in [-0.1, -0.05) is 28.1 Å². The van der Waals surface area contributed by atoms with Gasteiger partial charge in [0.1, 0.15) is 0 Å². The van der Waals surface area contributed by atoms with Crippen molar-refractivity contribution in [3.8, 4) is 0 Å². The van der Waals surface area contributed by atoms with Crippen LogP contribution in [0.5, 0.6) is 0 Å². The second-order valence-corrected chi connectivity index (χ2v) is 3.83. The van der Waals surface area contributed by atoms with Crippen molar-refractivity contribution < 1.29 is 9.90 Å². The second kappa shape index (κ2) is 8.48. The quantitative estimate of drug-likeness (QED) is 0.865. The average Bonchev–Trinajstić information content (AvgIpc) is 2.49. The number of allylic oxidation sites excluding steroid dienone is 2. The van der Waals surface area contributed by atoms with Gasteiger partial charge < -0.3 is 10.0 Å². The van der Waals surface area contributed by atoms with E-state index < -0.39 is 5.97 Å². The van der Waals surface area contributed by atoms with Crippen LogP contribution in [-0.2, 0) is 4.79 Å². The Morgan fingerprint density at radius 3 is 2.79 bits per heavy atom. The van der Waals surface area contributed by atoms with E-state index in [-0.39, 0.29) is 6.42 Å². The van der Waals surface area contributed by atoms with E-state index in [1.165, 1.54) is 0 Å². The number of nitrogens with zero attached hydrogens (tertiary/aromatic N) is 2. The van der Waals surface area contributed by atoms with Crippen molar-refractivity contribution >= 4 is 27.5 Å². The molecule has 0 atom stereocenters. The van der Waals surface area contributed by atoms with E-state index in [0.29, 0.717) is 6.54 Å². The number of pyridine rings is 1. The molecule has 0 fully saturated rings. The molecule has 1 N–H and O–H groups in total. The number of aliphatic carboxylic acids is 1. The molecule has 2 rings (SSSR count). The fourth-order valence-electron chi connectivity index (χ4n) is 1.66. The highest BCUT2D eigenvalue weighted by molar-refractivity contribution is 9.08. The summed E-state index contributed by atoms with van der Waals surface area (Å²) in [4.78, 5) is 16.7. The van der Waals surface area contributed by atoms with Crippen LogP contribution in [0.25, 0.3) is 5.57 Å². The third-order valence-corrected chi connectivity index (χ3v) is 2.58. The van der Waals surface area contributed by atoms with Gasteiger partial charge in [-0.3, -0.25) is 9.78 Å². The lowest BCUT2D eigenvalue weighted by molar-refractivity contribution is -0.137. The van der Waals surface area contributed by atoms with Gasteiger partial charge >= 0.3 is 5.97 Å². The van der Waals surface area contributed by atoms with Crippen molar-refractivity contribution in [2.24, 2.45) is 0 Å². The maximum Gasteiger partial charge on any atom is 0.305 e. The summed E-state index contributed by atoms with van der Waals surface area (Å²) in [6.45, 7) is 1.27. The number of rotatable bonds is 4. The average molecular weight is 325 g/mol. The monoisotopic (exact) mass is 324 g/mol. The first-order valence-electron chi connectivity index (χ1n) is 5.89. The topological polar surface area (TPSA) is 53.4 Å². The van der Waals surface area contributed by atoms with Crippen LogP contribution in [0.15, 0.2) is 42.7 Å². The minimum atomic E-state index is -0.766. The summed E-state index contributed by atoms with van der Waals surface area (Å²) in [5, 5.41) is 8.60. The van der Waals surface area contributed by atoms with Gasteiger partial charge in [0.15, 0.2) is 0 Å². The zero-order valence-electron chi connectivity index (χ0n) is 10.8. The zero-order valence-corrected chi connectivity index (χ0v) is 12.4. The standard InChI is InChI=1S/C13H14N2O2.CH3Br/c16-13(17)6-10-15-8-4-11(5-9-15)12-3-1-2-7-14-12;1-2/h1-5,7-8H,6,9-10H2,(H,16,17);1H3. The summed E-state index contributed by atoms with van der Waals surface area (Å²) in [5.41, 5.74) is 2.03. The first-order chi connectivity index (χ1) is 9.25. The molecule has 1 aliphatic heterocycles. The normalized spacial score (nSPS) is 13.4. The van der Waals surface area contributed by atoms with Crippen molar-refractivity contribution in [3.63, 3.8) is 0 Å². The molecule has 4 nitrogen and oxygen atoms in total. The van der Waals surface area contributed by atoms with Crippen LogP contribution in [-0.4, -0.2) is 39.9 Å². The highest BCUT2D eigenvalue weighted by atomic mass is 79.9. The molecule has 0 unspecified atom stereocenters. The van der Waals surface area contributed by atoms with Gasteiger partial charge in [-0.15, -0.1) is 0 Å². The van der Waals surface area contributed by atoms with Crippen LogP contribution in [0.3, 0.4) is 0 Å². The van der Waals surface area contributed by atoms with E-state index in [0.717, 1.165) is 17.8 Å². The minimum Gasteiger partial charge on any atom is -0.481 e. The maximum atomic E-state index is 10.5. The molecule has 19 heavy (non-hydrogen) atoms. The zero-order chi connectivity index (χ0) is 14.1. The maximum absolute atomic E-state index is 10.5. The van der Waals surface area contributed by atoms with E-state index in [4.69, 9.17) is 5.11 Å². The number of alkyl halides is 1. The Morgan fingerprint density at radius 2 is 2.26 bits per heavy atom. The largest absolute Gasteiger partial charge is 0.481 e. The number of carboxylic acid groups (broad SMARTS) is 1. The van der Waals surface area contributed by atoms with E-state index in [1.54, 1.807) is 6.20 Å². The lowest BCUT2D eigenvalue weighted by atomic mass is 10.1. The number of hydrogen-bond donors (Lipinski definition) is 1. The predicted octanol–water partition coefficient (Wildman–Crippen LogP) is 2.78. The van der Waals surface area contributed by atoms with Gasteiger partial charge in [0.25, 0.3) is 0 Å². The Balaban J connectivity index is 0.000000861. The van der Waals surface area contributed by atoms with Crippen LogP contribution in [0.2, 0.25) is 0 Å². The van der Waals surface area contributed by atoms with Gasteiger partial charge in [0.05, 0.1) is 12.1 Å². The van der Waals surface area contributed by atoms with E-state index in [9.17, 15) is 4.79 Å². The highest BCUT2D eigenvalue weighted by Gasteiger charge is 2.08. The fraction of sp³-hybridized carbons (Fsp3) is 0.286. The lowest BCUT2D eigenvalue weighted by Gasteiger charge is -2.21. The number of carbonyl (C=O) groups is 1. The fourth-order valence-corrected chi connectivity index (χ4v) is 1.66. The molecule has 2 heterocycles. The van der Waals surface area contributed by atoms with E-state index in [1.807, 2.05) is 41.2 Å². The van der Waals surface area contributed by atoms with Crippen molar-refractivity contribution in [1.82, 2.24) is 9.88 Å². The third kappa shape index (κ3) is 5.26. The summed E-state index contributed by atoms with van der Waals surface area (Å²) >= 11 is 2.94. The summed E-state index contributed by atoms with van der Waals surface area (Å²) in [7, 11) is 0. The predicted molar refractivity (Wildman–Crippen MR) is 80.0 cm³/mol. The Bertz CT molecular complexity index is 458. The van der Waals surface area contributed by atoms with Crippen molar-refractivity contribution in [2.45, 2.75) is 6.42 Å². The summed E-state index contributed by atoms with van der Waals surface area (Å²) in [5.74, 6) is 1.05. The SMILES string of the molecule is CBr.O=C(O)CCN1C=CC(c2ccccn2)=CC1. The van der Waals surface area contributed by atoms with Gasteiger partial charge in [-0.25, -0.2) is 0 Å². The molecule has 0 aromatic carbocycles. The first-order valence-corrected chi connectivity index (χ1v) is 7.48. The molecule has 1 aliphatic rings. The van der Waals surface area contributed by atoms with E-state index >= 15 is 0 Å². The molecule has 5 heteroatoms. The smallest absolute Gasteiger partial charge is 0.305 e. The Labute approximate surface area is 121 Å². The van der Waals surface area contributed by atoms with Crippen LogP contribution < -0.4 is 0 Å². The Morgan fingerprint density at radius 1 is 1.47 bits per heavy atom. The lowest BCUT2D eigenvalue weighted by Crippen LogP contribution is -2.22. The van der Waals surface area contributed by atoms with Gasteiger partial charge in [-0.2, -0.15) is 0 Å². The van der Waals surface area contributed by atoms with Crippen LogP contribution in [0, 0.1) is 0 Å². The molecule has 0 aliphatic carbocycles. The van der Waals surface area contributed by atoms with Crippen LogP contribution in [0.1, 0.15) is 12.1 Å². The summed E-state index contributed by atoms with van der Waals surface area (Å²) in [6.07, 6.45) is 7.88. The first kappa shape index (κ1) is 15.4. The van der Waals surface area contributed by atoms with E-state index in [2.05, 4.69) is 27.0 Å². The van der Waals surface area contributed by atoms with Crippen molar-refractivity contribution in [3.05, 3.63) is 48.4 Å². The second-order valence-electron chi connectivity index (χ2n) is 3.83. The molecule has 0 amide bonds. The number of aromatic nitrogens is 1.